The summed E-state index contributed by atoms with van der Waals surface area (Å²) in [5.74, 6) is 1.48. The first-order chi connectivity index (χ1) is 7.72. The Labute approximate surface area is 96.6 Å². The van der Waals surface area contributed by atoms with Crippen LogP contribution in [0.5, 0.6) is 5.75 Å². The van der Waals surface area contributed by atoms with Gasteiger partial charge in [0.1, 0.15) is 11.9 Å². The maximum absolute atomic E-state index is 9.38. The Morgan fingerprint density at radius 3 is 2.75 bits per heavy atom. The third-order valence-corrected chi connectivity index (χ3v) is 3.14. The molecule has 1 aliphatic heterocycles. The van der Waals surface area contributed by atoms with Crippen molar-refractivity contribution in [1.82, 2.24) is 0 Å². The van der Waals surface area contributed by atoms with Crippen LogP contribution < -0.4 is 4.74 Å². The summed E-state index contributed by atoms with van der Waals surface area (Å²) in [6, 6.07) is 7.98. The first kappa shape index (κ1) is 11.2. The maximum Gasteiger partial charge on any atom is 0.127 e. The summed E-state index contributed by atoms with van der Waals surface area (Å²) < 4.78 is 5.90. The van der Waals surface area contributed by atoms with Gasteiger partial charge in [-0.2, -0.15) is 0 Å². The molecule has 1 N–H and O–H groups in total. The van der Waals surface area contributed by atoms with Gasteiger partial charge in [0.25, 0.3) is 0 Å². The predicted molar refractivity (Wildman–Crippen MR) is 65.3 cm³/mol. The third-order valence-electron chi connectivity index (χ3n) is 3.14. The van der Waals surface area contributed by atoms with Crippen molar-refractivity contribution in [3.05, 3.63) is 35.9 Å². The summed E-state index contributed by atoms with van der Waals surface area (Å²) >= 11 is 0. The molecule has 0 aromatic heterocycles. The Bertz CT molecular complexity index is 382. The number of para-hydroxylation sites is 1. The van der Waals surface area contributed by atoms with Gasteiger partial charge in [-0.05, 0) is 18.1 Å². The molecular weight excluding hydrogens is 200 g/mol. The van der Waals surface area contributed by atoms with Gasteiger partial charge in [-0.25, -0.2) is 0 Å². The fraction of sp³-hybridized carbons (Fsp3) is 0.429. The minimum Gasteiger partial charge on any atom is -0.485 e. The Balaban J connectivity index is 2.19. The fourth-order valence-corrected chi connectivity index (χ4v) is 2.03. The number of fused-ring (bicyclic) bond motifs is 1. The Morgan fingerprint density at radius 1 is 1.31 bits per heavy atom. The highest BCUT2D eigenvalue weighted by atomic mass is 16.5. The zero-order valence-electron chi connectivity index (χ0n) is 9.76. The number of hydrogen-bond donors (Lipinski definition) is 1. The van der Waals surface area contributed by atoms with E-state index in [-0.39, 0.29) is 18.6 Å². The summed E-state index contributed by atoms with van der Waals surface area (Å²) in [5, 5.41) is 9.38. The molecule has 0 fully saturated rings. The minimum absolute atomic E-state index is 0.0140. The average molecular weight is 218 g/mol. The molecule has 0 radical (unpaired) electrons. The fourth-order valence-electron chi connectivity index (χ4n) is 2.03. The maximum atomic E-state index is 9.38. The molecule has 0 amide bonds. The van der Waals surface area contributed by atoms with E-state index in [0.29, 0.717) is 5.92 Å². The van der Waals surface area contributed by atoms with Crippen molar-refractivity contribution in [3.8, 4) is 5.75 Å². The summed E-state index contributed by atoms with van der Waals surface area (Å²) in [7, 11) is 0. The summed E-state index contributed by atoms with van der Waals surface area (Å²) in [6.07, 6.45) is 4.11. The molecule has 1 aliphatic rings. The second-order valence-electron chi connectivity index (χ2n) is 4.57. The van der Waals surface area contributed by atoms with Crippen LogP contribution in [0, 0.1) is 11.8 Å². The lowest BCUT2D eigenvalue weighted by Gasteiger charge is -2.29. The second kappa shape index (κ2) is 4.71. The molecule has 0 spiro atoms. The van der Waals surface area contributed by atoms with Crippen molar-refractivity contribution in [3.63, 3.8) is 0 Å². The van der Waals surface area contributed by atoms with Crippen LogP contribution >= 0.6 is 0 Å². The van der Waals surface area contributed by atoms with Gasteiger partial charge in [0.2, 0.25) is 0 Å². The van der Waals surface area contributed by atoms with Gasteiger partial charge < -0.3 is 9.84 Å². The monoisotopic (exact) mass is 218 g/mol. The summed E-state index contributed by atoms with van der Waals surface area (Å²) in [6.45, 7) is 4.38. The second-order valence-corrected chi connectivity index (χ2v) is 4.57. The topological polar surface area (TPSA) is 29.5 Å². The third kappa shape index (κ3) is 2.12. The van der Waals surface area contributed by atoms with E-state index < -0.39 is 0 Å². The van der Waals surface area contributed by atoms with Crippen LogP contribution in [0.3, 0.4) is 0 Å². The molecule has 2 heteroatoms. The highest BCUT2D eigenvalue weighted by Gasteiger charge is 2.26. The van der Waals surface area contributed by atoms with Crippen LogP contribution in [0.15, 0.2) is 30.3 Å². The van der Waals surface area contributed by atoms with Gasteiger partial charge in [0.15, 0.2) is 0 Å². The molecule has 0 saturated carbocycles. The van der Waals surface area contributed by atoms with Crippen LogP contribution in [0.4, 0.5) is 0 Å². The van der Waals surface area contributed by atoms with Gasteiger partial charge in [-0.1, -0.05) is 38.1 Å². The van der Waals surface area contributed by atoms with E-state index in [4.69, 9.17) is 4.74 Å². The molecule has 1 heterocycles. The first-order valence-corrected chi connectivity index (χ1v) is 5.77. The first-order valence-electron chi connectivity index (χ1n) is 5.77. The molecule has 0 bridgehead atoms. The zero-order valence-corrected chi connectivity index (χ0v) is 9.76. The average Bonchev–Trinajstić information content (AvgIpc) is 2.29. The minimum atomic E-state index is -0.0140. The number of aliphatic hydroxyl groups is 1. The van der Waals surface area contributed by atoms with E-state index in [1.165, 1.54) is 0 Å². The molecule has 1 aromatic carbocycles. The quantitative estimate of drug-likeness (QED) is 0.845. The number of aliphatic hydroxyl groups excluding tert-OH is 1. The molecule has 1 aromatic rings. The molecule has 2 atom stereocenters. The zero-order chi connectivity index (χ0) is 11.5. The lowest BCUT2D eigenvalue weighted by Crippen LogP contribution is -2.33. The largest absolute Gasteiger partial charge is 0.485 e. The smallest absolute Gasteiger partial charge is 0.127 e. The van der Waals surface area contributed by atoms with Crippen LogP contribution in [0.1, 0.15) is 19.4 Å². The van der Waals surface area contributed by atoms with Gasteiger partial charge in [-0.15, -0.1) is 0 Å². The van der Waals surface area contributed by atoms with Crippen molar-refractivity contribution in [1.29, 1.82) is 0 Å². The lowest BCUT2D eigenvalue weighted by atomic mass is 9.89. The SMILES string of the molecule is CC(C)C(CO)C1C=Cc2ccccc2O1. The summed E-state index contributed by atoms with van der Waals surface area (Å²) in [5.41, 5.74) is 1.11. The van der Waals surface area contributed by atoms with Crippen LogP contribution in [-0.4, -0.2) is 17.8 Å². The molecule has 2 unspecified atom stereocenters. The van der Waals surface area contributed by atoms with Crippen LogP contribution in [0.2, 0.25) is 0 Å². The van der Waals surface area contributed by atoms with Gasteiger partial charge >= 0.3 is 0 Å². The number of ether oxygens (including phenoxy) is 1. The molecule has 0 saturated heterocycles. The highest BCUT2D eigenvalue weighted by molar-refractivity contribution is 5.59. The van der Waals surface area contributed by atoms with Gasteiger partial charge in [0, 0.05) is 18.1 Å². The van der Waals surface area contributed by atoms with E-state index in [9.17, 15) is 5.11 Å². The van der Waals surface area contributed by atoms with E-state index in [1.54, 1.807) is 0 Å². The van der Waals surface area contributed by atoms with E-state index in [1.807, 2.05) is 30.3 Å². The van der Waals surface area contributed by atoms with E-state index in [2.05, 4.69) is 19.9 Å². The molecule has 2 nitrogen and oxygen atoms in total. The van der Waals surface area contributed by atoms with E-state index >= 15 is 0 Å². The normalized spacial score (nSPS) is 20.4. The summed E-state index contributed by atoms with van der Waals surface area (Å²) in [4.78, 5) is 0. The van der Waals surface area contributed by atoms with Gasteiger partial charge in [0.05, 0.1) is 0 Å². The standard InChI is InChI=1S/C14H18O2/c1-10(2)12(9-15)14-8-7-11-5-3-4-6-13(11)16-14/h3-8,10,12,14-15H,9H2,1-2H3. The lowest BCUT2D eigenvalue weighted by molar-refractivity contribution is 0.0863. The van der Waals surface area contributed by atoms with Crippen molar-refractivity contribution in [2.45, 2.75) is 20.0 Å². The Hall–Kier alpha value is -1.28. The molecule has 2 rings (SSSR count). The molecule has 0 aliphatic carbocycles. The van der Waals surface area contributed by atoms with Crippen LogP contribution in [-0.2, 0) is 0 Å². The Morgan fingerprint density at radius 2 is 2.06 bits per heavy atom. The van der Waals surface area contributed by atoms with Crippen molar-refractivity contribution in [2.75, 3.05) is 6.61 Å². The van der Waals surface area contributed by atoms with E-state index in [0.717, 1.165) is 11.3 Å². The molecular formula is C14H18O2. The molecule has 86 valence electrons. The number of rotatable bonds is 3. The van der Waals surface area contributed by atoms with Crippen molar-refractivity contribution >= 4 is 6.08 Å². The van der Waals surface area contributed by atoms with Crippen LogP contribution in [0.25, 0.3) is 6.08 Å². The van der Waals surface area contributed by atoms with Crippen molar-refractivity contribution in [2.24, 2.45) is 11.8 Å². The Kier molecular flexibility index (Phi) is 3.30. The predicted octanol–water partition coefficient (Wildman–Crippen LogP) is 2.73. The molecule has 16 heavy (non-hydrogen) atoms. The van der Waals surface area contributed by atoms with Crippen molar-refractivity contribution < 1.29 is 9.84 Å². The highest BCUT2D eigenvalue weighted by Crippen LogP contribution is 2.30. The number of benzene rings is 1. The van der Waals surface area contributed by atoms with Gasteiger partial charge in [-0.3, -0.25) is 0 Å². The number of hydrogen-bond acceptors (Lipinski definition) is 2.